The zero-order valence-corrected chi connectivity index (χ0v) is 13.2. The molecule has 8 heteroatoms. The fourth-order valence-corrected chi connectivity index (χ4v) is 3.12. The maximum absolute atomic E-state index is 12.2. The van der Waals surface area contributed by atoms with E-state index in [2.05, 4.69) is 20.0 Å². The second-order valence-electron chi connectivity index (χ2n) is 5.43. The van der Waals surface area contributed by atoms with Crippen LogP contribution in [0.4, 0.5) is 5.82 Å². The Morgan fingerprint density at radius 2 is 1.91 bits per heavy atom. The van der Waals surface area contributed by atoms with E-state index in [0.29, 0.717) is 18.1 Å². The molecular weight excluding hydrogens is 306 g/mol. The van der Waals surface area contributed by atoms with Gasteiger partial charge in [-0.05, 0) is 19.1 Å². The van der Waals surface area contributed by atoms with E-state index in [1.54, 1.807) is 6.07 Å². The van der Waals surface area contributed by atoms with Gasteiger partial charge in [0.25, 0.3) is 0 Å². The first kappa shape index (κ1) is 15.2. The lowest BCUT2D eigenvalue weighted by atomic mass is 10.1. The Morgan fingerprint density at radius 1 is 1.18 bits per heavy atom. The molecule has 0 radical (unpaired) electrons. The number of rotatable bonds is 3. The summed E-state index contributed by atoms with van der Waals surface area (Å²) in [5.41, 5.74) is 0. The highest BCUT2D eigenvalue weighted by atomic mass is 35.5. The average molecular weight is 324 g/mol. The summed E-state index contributed by atoms with van der Waals surface area (Å²) in [6, 6.07) is 3.26. The molecule has 1 aromatic rings. The number of hydrogen-bond acceptors (Lipinski definition) is 6. The molecule has 118 valence electrons. The monoisotopic (exact) mass is 323 g/mol. The normalized spacial score (nSPS) is 23.5. The van der Waals surface area contributed by atoms with Crippen LogP contribution >= 0.6 is 11.6 Å². The number of likely N-dealkylation sites (N-methyl/N-ethyl adjacent to an activating group) is 1. The molecule has 7 nitrogen and oxygen atoms in total. The number of nitrogens with zero attached hydrogens (tertiary/aromatic N) is 5. The van der Waals surface area contributed by atoms with Crippen LogP contribution in [0.5, 0.6) is 0 Å². The van der Waals surface area contributed by atoms with E-state index in [1.807, 2.05) is 13.0 Å². The van der Waals surface area contributed by atoms with Crippen molar-refractivity contribution in [3.8, 4) is 0 Å². The lowest BCUT2D eigenvalue weighted by Gasteiger charge is -2.37. The van der Waals surface area contributed by atoms with Crippen LogP contribution in [-0.4, -0.2) is 70.6 Å². The smallest absolute Gasteiger partial charge is 0.247 e. The van der Waals surface area contributed by atoms with Gasteiger partial charge in [0.2, 0.25) is 11.8 Å². The van der Waals surface area contributed by atoms with Crippen LogP contribution in [0.3, 0.4) is 0 Å². The Balaban J connectivity index is 1.61. The summed E-state index contributed by atoms with van der Waals surface area (Å²) < 4.78 is 0. The molecule has 0 spiro atoms. The number of anilines is 1. The molecule has 1 aromatic heterocycles. The minimum Gasteiger partial charge on any atom is -0.353 e. The van der Waals surface area contributed by atoms with E-state index in [-0.39, 0.29) is 17.9 Å². The number of imide groups is 1. The first-order valence-electron chi connectivity index (χ1n) is 7.42. The largest absolute Gasteiger partial charge is 0.353 e. The van der Waals surface area contributed by atoms with Gasteiger partial charge in [-0.2, -0.15) is 0 Å². The highest BCUT2D eigenvalue weighted by Gasteiger charge is 2.41. The minimum atomic E-state index is -0.300. The molecule has 0 aliphatic carbocycles. The molecule has 3 heterocycles. The van der Waals surface area contributed by atoms with Crippen LogP contribution in [0.25, 0.3) is 0 Å². The van der Waals surface area contributed by atoms with Gasteiger partial charge in [0.15, 0.2) is 11.0 Å². The van der Waals surface area contributed by atoms with E-state index in [9.17, 15) is 9.59 Å². The SMILES string of the molecule is CCN1C(=O)C[C@H](N2CCN(c3ccc(Cl)nn3)CC2)C1=O. The molecular formula is C14H18ClN5O2. The van der Waals surface area contributed by atoms with E-state index in [1.165, 1.54) is 4.90 Å². The fourth-order valence-electron chi connectivity index (χ4n) is 3.02. The summed E-state index contributed by atoms with van der Waals surface area (Å²) in [5, 5.41) is 8.29. The van der Waals surface area contributed by atoms with Gasteiger partial charge in [-0.3, -0.25) is 19.4 Å². The molecule has 0 saturated carbocycles. The van der Waals surface area contributed by atoms with Gasteiger partial charge >= 0.3 is 0 Å². The molecule has 2 aliphatic rings. The predicted molar refractivity (Wildman–Crippen MR) is 81.6 cm³/mol. The highest BCUT2D eigenvalue weighted by Crippen LogP contribution is 2.21. The number of likely N-dealkylation sites (tertiary alicyclic amines) is 1. The summed E-state index contributed by atoms with van der Waals surface area (Å²) in [6.45, 7) is 5.24. The molecule has 2 amide bonds. The second kappa shape index (κ2) is 6.18. The lowest BCUT2D eigenvalue weighted by Crippen LogP contribution is -2.52. The van der Waals surface area contributed by atoms with Gasteiger partial charge in [0, 0.05) is 32.7 Å². The topological polar surface area (TPSA) is 69.6 Å². The quantitative estimate of drug-likeness (QED) is 0.750. The highest BCUT2D eigenvalue weighted by molar-refractivity contribution is 6.29. The Morgan fingerprint density at radius 3 is 2.45 bits per heavy atom. The van der Waals surface area contributed by atoms with Gasteiger partial charge in [-0.15, -0.1) is 10.2 Å². The second-order valence-corrected chi connectivity index (χ2v) is 5.82. The maximum atomic E-state index is 12.2. The van der Waals surface area contributed by atoms with Crippen LogP contribution in [0.2, 0.25) is 5.15 Å². The van der Waals surface area contributed by atoms with Crippen LogP contribution in [0.15, 0.2) is 12.1 Å². The maximum Gasteiger partial charge on any atom is 0.247 e. The summed E-state index contributed by atoms with van der Waals surface area (Å²) >= 11 is 5.74. The molecule has 0 unspecified atom stereocenters. The summed E-state index contributed by atoms with van der Waals surface area (Å²) in [7, 11) is 0. The van der Waals surface area contributed by atoms with E-state index in [0.717, 1.165) is 32.0 Å². The average Bonchev–Trinajstić information content (AvgIpc) is 2.82. The lowest BCUT2D eigenvalue weighted by molar-refractivity contribution is -0.139. The van der Waals surface area contributed by atoms with Gasteiger partial charge in [0.1, 0.15) is 0 Å². The molecule has 0 bridgehead atoms. The zero-order chi connectivity index (χ0) is 15.7. The molecule has 0 aromatic carbocycles. The first-order chi connectivity index (χ1) is 10.6. The number of hydrogen-bond donors (Lipinski definition) is 0. The van der Waals surface area contributed by atoms with E-state index >= 15 is 0 Å². The summed E-state index contributed by atoms with van der Waals surface area (Å²) in [4.78, 5) is 29.6. The van der Waals surface area contributed by atoms with Crippen molar-refractivity contribution in [2.24, 2.45) is 0 Å². The molecule has 0 N–H and O–H groups in total. The van der Waals surface area contributed by atoms with Gasteiger partial charge in [0.05, 0.1) is 12.5 Å². The van der Waals surface area contributed by atoms with Crippen molar-refractivity contribution < 1.29 is 9.59 Å². The third-order valence-electron chi connectivity index (χ3n) is 4.23. The van der Waals surface area contributed by atoms with Crippen molar-refractivity contribution in [2.75, 3.05) is 37.6 Å². The summed E-state index contributed by atoms with van der Waals surface area (Å²) in [6.07, 6.45) is 0.299. The standard InChI is InChI=1S/C14H18ClN5O2/c1-2-20-13(21)9-10(14(20)22)18-5-7-19(8-6-18)12-4-3-11(15)16-17-12/h3-4,10H,2,5-9H2,1H3/t10-/m0/s1. The Bertz CT molecular complexity index is 571. The van der Waals surface area contributed by atoms with Gasteiger partial charge in [-0.25, -0.2) is 0 Å². The predicted octanol–water partition coefficient (Wildman–Crippen LogP) is 0.399. The molecule has 3 rings (SSSR count). The van der Waals surface area contributed by atoms with Crippen molar-refractivity contribution >= 4 is 29.2 Å². The number of carbonyl (C=O) groups is 2. The van der Waals surface area contributed by atoms with Crippen LogP contribution in [-0.2, 0) is 9.59 Å². The Labute approximate surface area is 133 Å². The van der Waals surface area contributed by atoms with Crippen LogP contribution < -0.4 is 4.90 Å². The fraction of sp³-hybridized carbons (Fsp3) is 0.571. The number of piperazine rings is 1. The third kappa shape index (κ3) is 2.78. The summed E-state index contributed by atoms with van der Waals surface area (Å²) in [5.74, 6) is 0.656. The van der Waals surface area contributed by atoms with Gasteiger partial charge in [-0.1, -0.05) is 11.6 Å². The number of aromatic nitrogens is 2. The third-order valence-corrected chi connectivity index (χ3v) is 4.43. The zero-order valence-electron chi connectivity index (χ0n) is 12.4. The van der Waals surface area contributed by atoms with Crippen molar-refractivity contribution in [1.29, 1.82) is 0 Å². The Kier molecular flexibility index (Phi) is 4.26. The van der Waals surface area contributed by atoms with Crippen LogP contribution in [0.1, 0.15) is 13.3 Å². The van der Waals surface area contributed by atoms with E-state index < -0.39 is 0 Å². The number of carbonyl (C=O) groups excluding carboxylic acids is 2. The molecule has 2 aliphatic heterocycles. The first-order valence-corrected chi connectivity index (χ1v) is 7.80. The van der Waals surface area contributed by atoms with Crippen LogP contribution in [0, 0.1) is 0 Å². The number of amides is 2. The number of halogens is 1. The van der Waals surface area contributed by atoms with E-state index in [4.69, 9.17) is 11.6 Å². The van der Waals surface area contributed by atoms with Crippen molar-refractivity contribution in [2.45, 2.75) is 19.4 Å². The minimum absolute atomic E-state index is 0.0627. The molecule has 2 saturated heterocycles. The molecule has 22 heavy (non-hydrogen) atoms. The molecule has 2 fully saturated rings. The van der Waals surface area contributed by atoms with Crippen molar-refractivity contribution in [3.63, 3.8) is 0 Å². The van der Waals surface area contributed by atoms with Crippen molar-refractivity contribution in [3.05, 3.63) is 17.3 Å². The molecule has 1 atom stereocenters. The Hall–Kier alpha value is -1.73. The van der Waals surface area contributed by atoms with Gasteiger partial charge < -0.3 is 4.90 Å². The van der Waals surface area contributed by atoms with Crippen molar-refractivity contribution in [1.82, 2.24) is 20.0 Å².